The van der Waals surface area contributed by atoms with Gasteiger partial charge in [-0.05, 0) is 25.0 Å². The van der Waals surface area contributed by atoms with Crippen LogP contribution in [0.4, 0.5) is 30.6 Å². The van der Waals surface area contributed by atoms with Gasteiger partial charge in [0.1, 0.15) is 23.8 Å². The topological polar surface area (TPSA) is 48.4 Å². The molecule has 2 aromatic rings. The third-order valence-corrected chi connectivity index (χ3v) is 5.07. The number of rotatable bonds is 3. The van der Waals surface area contributed by atoms with Crippen LogP contribution in [0.1, 0.15) is 18.4 Å². The lowest BCUT2D eigenvalue weighted by atomic mass is 10.2. The number of hydrogen-bond acceptors (Lipinski definition) is 6. The highest BCUT2D eigenvalue weighted by molar-refractivity contribution is 5.52. The van der Waals surface area contributed by atoms with Gasteiger partial charge in [0.05, 0.1) is 5.56 Å². The van der Waals surface area contributed by atoms with E-state index in [2.05, 4.69) is 24.8 Å². The van der Waals surface area contributed by atoms with Crippen molar-refractivity contribution >= 4 is 17.5 Å². The zero-order valence-electron chi connectivity index (χ0n) is 14.9. The van der Waals surface area contributed by atoms with Crippen LogP contribution >= 0.6 is 0 Å². The molecule has 0 saturated carbocycles. The molecule has 4 heterocycles. The molecule has 0 radical (unpaired) electrons. The highest BCUT2D eigenvalue weighted by atomic mass is 19.4. The standard InChI is InChI=1S/C18H21F3N6/c19-18(20,21)14-3-4-15(22-12-14)26-7-9-27(10-8-26)17-11-16(23-13-24-17)25-5-1-2-6-25/h3-4,11-13H,1-2,5-10H2. The third-order valence-electron chi connectivity index (χ3n) is 5.07. The second-order valence-electron chi connectivity index (χ2n) is 6.81. The Kier molecular flexibility index (Phi) is 4.75. The molecule has 2 fully saturated rings. The zero-order valence-corrected chi connectivity index (χ0v) is 14.9. The first-order valence-corrected chi connectivity index (χ1v) is 9.11. The van der Waals surface area contributed by atoms with Gasteiger partial charge in [0.2, 0.25) is 0 Å². The molecule has 0 spiro atoms. The van der Waals surface area contributed by atoms with Gasteiger partial charge in [-0.25, -0.2) is 15.0 Å². The number of pyridine rings is 1. The number of piperazine rings is 1. The Hall–Kier alpha value is -2.58. The Bertz CT molecular complexity index is 765. The van der Waals surface area contributed by atoms with Gasteiger partial charge in [-0.1, -0.05) is 0 Å². The van der Waals surface area contributed by atoms with Crippen LogP contribution in [0.3, 0.4) is 0 Å². The van der Waals surface area contributed by atoms with E-state index in [1.165, 1.54) is 18.9 Å². The summed E-state index contributed by atoms with van der Waals surface area (Å²) in [5, 5.41) is 0. The van der Waals surface area contributed by atoms with Crippen molar-refractivity contribution in [2.45, 2.75) is 19.0 Å². The number of anilines is 3. The predicted molar refractivity (Wildman–Crippen MR) is 97.1 cm³/mol. The van der Waals surface area contributed by atoms with Gasteiger partial charge in [0, 0.05) is 51.5 Å². The average Bonchev–Trinajstić information content (AvgIpc) is 3.23. The van der Waals surface area contributed by atoms with Gasteiger partial charge in [-0.2, -0.15) is 13.2 Å². The second kappa shape index (κ2) is 7.21. The highest BCUT2D eigenvalue weighted by Crippen LogP contribution is 2.29. The Labute approximate surface area is 155 Å². The molecular formula is C18H21F3N6. The van der Waals surface area contributed by atoms with E-state index in [0.717, 1.165) is 50.1 Å². The second-order valence-corrected chi connectivity index (χ2v) is 6.81. The molecular weight excluding hydrogens is 357 g/mol. The number of hydrogen-bond donors (Lipinski definition) is 0. The van der Waals surface area contributed by atoms with E-state index in [1.54, 1.807) is 6.33 Å². The smallest absolute Gasteiger partial charge is 0.356 e. The molecule has 2 aliphatic rings. The molecule has 4 rings (SSSR count). The van der Waals surface area contributed by atoms with Crippen molar-refractivity contribution in [1.29, 1.82) is 0 Å². The van der Waals surface area contributed by atoms with Crippen LogP contribution < -0.4 is 14.7 Å². The fourth-order valence-corrected chi connectivity index (χ4v) is 3.53. The van der Waals surface area contributed by atoms with Gasteiger partial charge in [-0.15, -0.1) is 0 Å². The van der Waals surface area contributed by atoms with Crippen LogP contribution in [0.5, 0.6) is 0 Å². The summed E-state index contributed by atoms with van der Waals surface area (Å²) in [6.45, 7) is 4.90. The fourth-order valence-electron chi connectivity index (χ4n) is 3.53. The van der Waals surface area contributed by atoms with Gasteiger partial charge < -0.3 is 14.7 Å². The highest BCUT2D eigenvalue weighted by Gasteiger charge is 2.31. The molecule has 0 unspecified atom stereocenters. The SMILES string of the molecule is FC(F)(F)c1ccc(N2CCN(c3cc(N4CCCC4)ncn3)CC2)nc1. The van der Waals surface area contributed by atoms with Crippen LogP contribution in [0, 0.1) is 0 Å². The van der Waals surface area contributed by atoms with Crippen molar-refractivity contribution in [2.24, 2.45) is 0 Å². The summed E-state index contributed by atoms with van der Waals surface area (Å²) in [6, 6.07) is 4.55. The maximum Gasteiger partial charge on any atom is 0.417 e. The first-order valence-electron chi connectivity index (χ1n) is 9.11. The molecule has 0 bridgehead atoms. The Morgan fingerprint density at radius 3 is 1.78 bits per heavy atom. The van der Waals surface area contributed by atoms with Crippen LogP contribution in [0.2, 0.25) is 0 Å². The van der Waals surface area contributed by atoms with E-state index in [4.69, 9.17) is 0 Å². The first kappa shape index (κ1) is 17.8. The van der Waals surface area contributed by atoms with E-state index >= 15 is 0 Å². The van der Waals surface area contributed by atoms with Gasteiger partial charge in [-0.3, -0.25) is 0 Å². The number of aromatic nitrogens is 3. The summed E-state index contributed by atoms with van der Waals surface area (Å²) in [5.41, 5.74) is -0.722. The molecule has 0 aromatic carbocycles. The molecule has 0 N–H and O–H groups in total. The van der Waals surface area contributed by atoms with Crippen molar-refractivity contribution < 1.29 is 13.2 Å². The lowest BCUT2D eigenvalue weighted by Crippen LogP contribution is -2.47. The Balaban J connectivity index is 1.39. The summed E-state index contributed by atoms with van der Waals surface area (Å²) >= 11 is 0. The third kappa shape index (κ3) is 3.91. The summed E-state index contributed by atoms with van der Waals surface area (Å²) < 4.78 is 38.0. The van der Waals surface area contributed by atoms with Crippen LogP contribution in [-0.2, 0) is 6.18 Å². The van der Waals surface area contributed by atoms with Crippen molar-refractivity contribution in [3.63, 3.8) is 0 Å². The molecule has 6 nitrogen and oxygen atoms in total. The molecule has 27 heavy (non-hydrogen) atoms. The summed E-state index contributed by atoms with van der Waals surface area (Å²) in [5.74, 6) is 2.43. The van der Waals surface area contributed by atoms with Gasteiger partial charge in [0.15, 0.2) is 0 Å². The summed E-state index contributed by atoms with van der Waals surface area (Å²) in [4.78, 5) is 19.2. The molecule has 0 atom stereocenters. The van der Waals surface area contributed by atoms with Crippen molar-refractivity contribution in [1.82, 2.24) is 15.0 Å². The molecule has 144 valence electrons. The van der Waals surface area contributed by atoms with E-state index in [9.17, 15) is 13.2 Å². The monoisotopic (exact) mass is 378 g/mol. The molecule has 2 saturated heterocycles. The zero-order chi connectivity index (χ0) is 18.9. The van der Waals surface area contributed by atoms with Crippen LogP contribution in [0.15, 0.2) is 30.7 Å². The molecule has 2 aromatic heterocycles. The summed E-state index contributed by atoms with van der Waals surface area (Å²) in [6.07, 6.45) is 0.530. The Morgan fingerprint density at radius 1 is 0.704 bits per heavy atom. The lowest BCUT2D eigenvalue weighted by molar-refractivity contribution is -0.137. The van der Waals surface area contributed by atoms with E-state index in [0.29, 0.717) is 18.9 Å². The van der Waals surface area contributed by atoms with Crippen molar-refractivity contribution in [2.75, 3.05) is 54.0 Å². The van der Waals surface area contributed by atoms with E-state index < -0.39 is 11.7 Å². The lowest BCUT2D eigenvalue weighted by Gasteiger charge is -2.36. The molecule has 9 heteroatoms. The predicted octanol–water partition coefficient (Wildman–Crippen LogP) is 2.82. The number of alkyl halides is 3. The Morgan fingerprint density at radius 2 is 1.26 bits per heavy atom. The number of halogens is 3. The maximum absolute atomic E-state index is 12.7. The van der Waals surface area contributed by atoms with Crippen molar-refractivity contribution in [3.05, 3.63) is 36.3 Å². The number of nitrogens with zero attached hydrogens (tertiary/aromatic N) is 6. The molecule has 0 amide bonds. The quantitative estimate of drug-likeness (QED) is 0.819. The van der Waals surface area contributed by atoms with Crippen LogP contribution in [-0.4, -0.2) is 54.2 Å². The van der Waals surface area contributed by atoms with Gasteiger partial charge in [0.25, 0.3) is 0 Å². The maximum atomic E-state index is 12.7. The van der Waals surface area contributed by atoms with Crippen LogP contribution in [0.25, 0.3) is 0 Å². The normalized spacial score (nSPS) is 18.3. The fraction of sp³-hybridized carbons (Fsp3) is 0.500. The first-order chi connectivity index (χ1) is 13.0. The van der Waals surface area contributed by atoms with E-state index in [-0.39, 0.29) is 0 Å². The van der Waals surface area contributed by atoms with Crippen molar-refractivity contribution in [3.8, 4) is 0 Å². The largest absolute Gasteiger partial charge is 0.417 e. The minimum atomic E-state index is -4.36. The van der Waals surface area contributed by atoms with E-state index in [1.807, 2.05) is 11.0 Å². The minimum Gasteiger partial charge on any atom is -0.356 e. The summed E-state index contributed by atoms with van der Waals surface area (Å²) in [7, 11) is 0. The minimum absolute atomic E-state index is 0.572. The van der Waals surface area contributed by atoms with Gasteiger partial charge >= 0.3 is 6.18 Å². The molecule has 2 aliphatic heterocycles. The molecule has 0 aliphatic carbocycles. The average molecular weight is 378 g/mol.